The zero-order valence-corrected chi connectivity index (χ0v) is 13.9. The third kappa shape index (κ3) is 2.75. The van der Waals surface area contributed by atoms with Gasteiger partial charge in [0.15, 0.2) is 0 Å². The van der Waals surface area contributed by atoms with Gasteiger partial charge in [0.1, 0.15) is 5.82 Å². The molecule has 0 aliphatic carbocycles. The van der Waals surface area contributed by atoms with E-state index in [1.807, 2.05) is 24.3 Å². The van der Waals surface area contributed by atoms with Crippen LogP contribution in [0.1, 0.15) is 44.6 Å². The smallest absolute Gasteiger partial charge is 0.312 e. The van der Waals surface area contributed by atoms with Crippen LogP contribution in [0, 0.1) is 20.8 Å². The number of fused-ring (bicyclic) bond motifs is 1. The molecule has 0 radical (unpaired) electrons. The van der Waals surface area contributed by atoms with E-state index in [2.05, 4.69) is 9.97 Å². The van der Waals surface area contributed by atoms with Gasteiger partial charge in [-0.05, 0) is 31.9 Å². The Bertz CT molecular complexity index is 809. The first-order valence-corrected chi connectivity index (χ1v) is 7.80. The van der Waals surface area contributed by atoms with E-state index >= 15 is 0 Å². The van der Waals surface area contributed by atoms with Crippen molar-refractivity contribution in [2.24, 2.45) is 0 Å². The van der Waals surface area contributed by atoms with Crippen molar-refractivity contribution in [2.75, 3.05) is 6.54 Å². The van der Waals surface area contributed by atoms with Gasteiger partial charge in [-0.1, -0.05) is 24.3 Å². The monoisotopic (exact) mass is 325 g/mol. The minimum Gasteiger partial charge on any atom is -0.481 e. The van der Waals surface area contributed by atoms with Crippen molar-refractivity contribution in [1.29, 1.82) is 0 Å². The molecule has 0 fully saturated rings. The fourth-order valence-corrected chi connectivity index (χ4v) is 3.32. The Labute approximate surface area is 140 Å². The van der Waals surface area contributed by atoms with Crippen LogP contribution in [-0.4, -0.2) is 38.4 Å². The van der Waals surface area contributed by atoms with Crippen LogP contribution in [0.15, 0.2) is 24.3 Å². The Kier molecular flexibility index (Phi) is 4.05. The first-order valence-electron chi connectivity index (χ1n) is 7.80. The molecule has 2 aromatic rings. The van der Waals surface area contributed by atoms with Gasteiger partial charge in [0.2, 0.25) is 0 Å². The zero-order chi connectivity index (χ0) is 17.4. The number of aromatic nitrogens is 2. The van der Waals surface area contributed by atoms with E-state index in [-0.39, 0.29) is 12.5 Å². The number of amides is 1. The Morgan fingerprint density at radius 3 is 2.38 bits per heavy atom. The van der Waals surface area contributed by atoms with Crippen LogP contribution in [0.3, 0.4) is 0 Å². The third-order valence-electron chi connectivity index (χ3n) is 4.38. The molecule has 1 aromatic carbocycles. The van der Waals surface area contributed by atoms with Crippen molar-refractivity contribution < 1.29 is 14.7 Å². The van der Waals surface area contributed by atoms with Crippen molar-refractivity contribution in [3.63, 3.8) is 0 Å². The van der Waals surface area contributed by atoms with E-state index in [1.54, 1.807) is 25.7 Å². The molecule has 6 nitrogen and oxygen atoms in total. The number of benzene rings is 1. The average Bonchev–Trinajstić information content (AvgIpc) is 2.52. The van der Waals surface area contributed by atoms with Crippen LogP contribution in [0.5, 0.6) is 0 Å². The molecule has 0 spiro atoms. The van der Waals surface area contributed by atoms with Crippen molar-refractivity contribution in [3.8, 4) is 0 Å². The number of aliphatic carboxylic acids is 1. The van der Waals surface area contributed by atoms with Crippen molar-refractivity contribution >= 4 is 11.9 Å². The number of carboxylic acid groups (broad SMARTS) is 1. The number of aryl methyl sites for hydroxylation is 3. The molecule has 1 aliphatic heterocycles. The predicted molar refractivity (Wildman–Crippen MR) is 87.8 cm³/mol. The molecule has 2 heterocycles. The summed E-state index contributed by atoms with van der Waals surface area (Å²) in [5.41, 5.74) is 3.35. The summed E-state index contributed by atoms with van der Waals surface area (Å²) in [5, 5.41) is 9.54. The largest absolute Gasteiger partial charge is 0.481 e. The maximum atomic E-state index is 13.0. The van der Waals surface area contributed by atoms with Gasteiger partial charge in [0.05, 0.1) is 22.9 Å². The van der Waals surface area contributed by atoms with E-state index in [9.17, 15) is 14.7 Å². The quantitative estimate of drug-likeness (QED) is 0.915. The highest BCUT2D eigenvalue weighted by atomic mass is 16.4. The van der Waals surface area contributed by atoms with Gasteiger partial charge in [-0.25, -0.2) is 9.97 Å². The lowest BCUT2D eigenvalue weighted by molar-refractivity contribution is -0.139. The molecular weight excluding hydrogens is 306 g/mol. The Balaban J connectivity index is 2.00. The molecule has 3 rings (SSSR count). The highest BCUT2D eigenvalue weighted by molar-refractivity contribution is 5.97. The number of carbonyl (C=O) groups excluding carboxylic acids is 1. The van der Waals surface area contributed by atoms with Gasteiger partial charge in [-0.15, -0.1) is 0 Å². The van der Waals surface area contributed by atoms with E-state index in [0.717, 1.165) is 11.1 Å². The van der Waals surface area contributed by atoms with Crippen molar-refractivity contribution in [3.05, 3.63) is 58.2 Å². The number of carboxylic acids is 1. The molecule has 0 bridgehead atoms. The first kappa shape index (κ1) is 16.1. The van der Waals surface area contributed by atoms with Crippen LogP contribution in [0.2, 0.25) is 0 Å². The number of nitrogens with zero attached hydrogens (tertiary/aromatic N) is 3. The normalized spacial score (nSPS) is 16.6. The fraction of sp³-hybridized carbons (Fsp3) is 0.333. The highest BCUT2D eigenvalue weighted by Crippen LogP contribution is 2.30. The van der Waals surface area contributed by atoms with Crippen molar-refractivity contribution in [2.45, 2.75) is 33.2 Å². The van der Waals surface area contributed by atoms with Crippen LogP contribution < -0.4 is 0 Å². The fourth-order valence-electron chi connectivity index (χ4n) is 3.32. The van der Waals surface area contributed by atoms with E-state index in [1.165, 1.54) is 0 Å². The SMILES string of the molecule is Cc1nc(C)c(C(=O)N2Cc3ccccc3C(C(=O)O)C2)c(C)n1. The molecule has 0 saturated carbocycles. The molecule has 1 atom stereocenters. The maximum absolute atomic E-state index is 13.0. The number of rotatable bonds is 2. The second kappa shape index (κ2) is 6.03. The molecule has 1 unspecified atom stereocenters. The molecule has 24 heavy (non-hydrogen) atoms. The Morgan fingerprint density at radius 1 is 1.12 bits per heavy atom. The molecule has 1 N–H and O–H groups in total. The topological polar surface area (TPSA) is 83.4 Å². The van der Waals surface area contributed by atoms with E-state index < -0.39 is 11.9 Å². The number of hydrogen-bond donors (Lipinski definition) is 1. The van der Waals surface area contributed by atoms with E-state index in [4.69, 9.17) is 0 Å². The molecule has 1 amide bonds. The van der Waals surface area contributed by atoms with Gasteiger partial charge < -0.3 is 10.0 Å². The highest BCUT2D eigenvalue weighted by Gasteiger charge is 2.33. The molecule has 0 saturated heterocycles. The second-order valence-corrected chi connectivity index (χ2v) is 6.09. The van der Waals surface area contributed by atoms with Gasteiger partial charge in [-0.3, -0.25) is 9.59 Å². The molecule has 6 heteroatoms. The lowest BCUT2D eigenvalue weighted by Gasteiger charge is -2.33. The lowest BCUT2D eigenvalue weighted by atomic mass is 9.89. The van der Waals surface area contributed by atoms with Crippen LogP contribution >= 0.6 is 0 Å². The third-order valence-corrected chi connectivity index (χ3v) is 4.38. The van der Waals surface area contributed by atoms with Crippen molar-refractivity contribution in [1.82, 2.24) is 14.9 Å². The molecule has 1 aliphatic rings. The summed E-state index contributed by atoms with van der Waals surface area (Å²) in [6, 6.07) is 7.38. The standard InChI is InChI=1S/C18H19N3O3/c1-10-16(11(2)20-12(3)19-10)17(22)21-8-13-6-4-5-7-14(13)15(9-21)18(23)24/h4-7,15H,8-9H2,1-3H3,(H,23,24). The summed E-state index contributed by atoms with van der Waals surface area (Å²) < 4.78 is 0. The minimum absolute atomic E-state index is 0.151. The molecule has 1 aromatic heterocycles. The second-order valence-electron chi connectivity index (χ2n) is 6.09. The van der Waals surface area contributed by atoms with Gasteiger partial charge in [-0.2, -0.15) is 0 Å². The van der Waals surface area contributed by atoms with Gasteiger partial charge in [0.25, 0.3) is 5.91 Å². The van der Waals surface area contributed by atoms with Crippen LogP contribution in [-0.2, 0) is 11.3 Å². The summed E-state index contributed by atoms with van der Waals surface area (Å²) in [4.78, 5) is 34.7. The van der Waals surface area contributed by atoms with Gasteiger partial charge >= 0.3 is 5.97 Å². The Hall–Kier alpha value is -2.76. The Morgan fingerprint density at radius 2 is 1.75 bits per heavy atom. The predicted octanol–water partition coefficient (Wildman–Crippen LogP) is 2.23. The zero-order valence-electron chi connectivity index (χ0n) is 13.9. The summed E-state index contributed by atoms with van der Waals surface area (Å²) in [6.45, 7) is 5.89. The lowest BCUT2D eigenvalue weighted by Crippen LogP contribution is -2.41. The summed E-state index contributed by atoms with van der Waals surface area (Å²) in [6.07, 6.45) is 0. The number of hydrogen-bond acceptors (Lipinski definition) is 4. The van der Waals surface area contributed by atoms with Crippen LogP contribution in [0.25, 0.3) is 0 Å². The summed E-state index contributed by atoms with van der Waals surface area (Å²) >= 11 is 0. The number of carbonyl (C=O) groups is 2. The first-order chi connectivity index (χ1) is 11.4. The minimum atomic E-state index is -0.923. The summed E-state index contributed by atoms with van der Waals surface area (Å²) in [7, 11) is 0. The van der Waals surface area contributed by atoms with Gasteiger partial charge in [0, 0.05) is 13.1 Å². The molecular formula is C18H19N3O3. The average molecular weight is 325 g/mol. The van der Waals surface area contributed by atoms with E-state index in [0.29, 0.717) is 29.3 Å². The summed E-state index contributed by atoms with van der Waals surface area (Å²) in [5.74, 6) is -1.24. The molecule has 124 valence electrons. The van der Waals surface area contributed by atoms with Crippen LogP contribution in [0.4, 0.5) is 0 Å². The maximum Gasteiger partial charge on any atom is 0.312 e.